The molecular weight excluding hydrogens is 403 g/mol. The van der Waals surface area contributed by atoms with E-state index in [9.17, 15) is 17.6 Å². The fraction of sp³-hybridized carbons (Fsp3) is 0.348. The topological polar surface area (TPSA) is 66.5 Å². The number of anilines is 1. The van der Waals surface area contributed by atoms with Crippen molar-refractivity contribution >= 4 is 21.6 Å². The molecule has 0 fully saturated rings. The summed E-state index contributed by atoms with van der Waals surface area (Å²) in [4.78, 5) is 12.4. The van der Waals surface area contributed by atoms with E-state index in [1.165, 1.54) is 24.5 Å². The van der Waals surface area contributed by atoms with Gasteiger partial charge in [0.2, 0.25) is 10.0 Å². The molecule has 0 aliphatic heterocycles. The molecule has 0 spiro atoms. The van der Waals surface area contributed by atoms with Crippen molar-refractivity contribution in [2.75, 3.05) is 17.1 Å². The molecule has 0 atom stereocenters. The highest BCUT2D eigenvalue weighted by molar-refractivity contribution is 7.92. The molecule has 0 radical (unpaired) electrons. The third-order valence-electron chi connectivity index (χ3n) is 5.21. The van der Waals surface area contributed by atoms with Crippen LogP contribution in [0.3, 0.4) is 0 Å². The molecule has 1 aliphatic rings. The van der Waals surface area contributed by atoms with Gasteiger partial charge in [-0.1, -0.05) is 29.8 Å². The van der Waals surface area contributed by atoms with E-state index in [0.717, 1.165) is 29.8 Å². The average molecular weight is 431 g/mol. The number of rotatable bonds is 8. The Morgan fingerprint density at radius 2 is 1.83 bits per heavy atom. The van der Waals surface area contributed by atoms with Gasteiger partial charge < -0.3 is 5.32 Å². The number of allylic oxidation sites excluding steroid dienone is 1. The highest BCUT2D eigenvalue weighted by atomic mass is 32.2. The van der Waals surface area contributed by atoms with Crippen LogP contribution in [0.15, 0.2) is 60.2 Å². The van der Waals surface area contributed by atoms with Gasteiger partial charge in [-0.05, 0) is 62.4 Å². The highest BCUT2D eigenvalue weighted by Gasteiger charge is 2.20. The Hall–Kier alpha value is -2.67. The van der Waals surface area contributed by atoms with Crippen LogP contribution >= 0.6 is 0 Å². The fourth-order valence-electron chi connectivity index (χ4n) is 3.53. The van der Waals surface area contributed by atoms with Gasteiger partial charge in [0.25, 0.3) is 5.91 Å². The van der Waals surface area contributed by atoms with Crippen molar-refractivity contribution in [3.8, 4) is 0 Å². The van der Waals surface area contributed by atoms with Crippen molar-refractivity contribution in [2.24, 2.45) is 0 Å². The molecule has 7 heteroatoms. The van der Waals surface area contributed by atoms with Crippen LogP contribution in [0.5, 0.6) is 0 Å². The molecule has 0 saturated heterocycles. The Morgan fingerprint density at radius 1 is 1.10 bits per heavy atom. The van der Waals surface area contributed by atoms with Crippen LogP contribution in [-0.2, 0) is 16.6 Å². The third kappa shape index (κ3) is 5.92. The predicted octanol–water partition coefficient (Wildman–Crippen LogP) is 4.41. The Balaban J connectivity index is 1.66. The number of halogens is 1. The van der Waals surface area contributed by atoms with Crippen LogP contribution in [0.25, 0.3) is 0 Å². The first kappa shape index (κ1) is 22.0. The first-order valence-electron chi connectivity index (χ1n) is 10.1. The van der Waals surface area contributed by atoms with E-state index in [4.69, 9.17) is 0 Å². The zero-order valence-electron chi connectivity index (χ0n) is 17.1. The summed E-state index contributed by atoms with van der Waals surface area (Å²) < 4.78 is 39.7. The molecule has 0 bridgehead atoms. The van der Waals surface area contributed by atoms with E-state index in [1.807, 2.05) is 0 Å². The summed E-state index contributed by atoms with van der Waals surface area (Å²) in [6.07, 6.45) is 8.87. The quantitative estimate of drug-likeness (QED) is 0.631. The molecule has 1 N–H and O–H groups in total. The van der Waals surface area contributed by atoms with Crippen LogP contribution in [0, 0.1) is 5.82 Å². The summed E-state index contributed by atoms with van der Waals surface area (Å²) in [5.74, 6) is -0.659. The van der Waals surface area contributed by atoms with Crippen molar-refractivity contribution in [1.82, 2.24) is 5.32 Å². The van der Waals surface area contributed by atoms with Gasteiger partial charge >= 0.3 is 0 Å². The second-order valence-electron chi connectivity index (χ2n) is 7.52. The monoisotopic (exact) mass is 430 g/mol. The number of hydrogen-bond donors (Lipinski definition) is 1. The van der Waals surface area contributed by atoms with Gasteiger partial charge in [0.15, 0.2) is 0 Å². The molecule has 2 aromatic rings. The third-order valence-corrected chi connectivity index (χ3v) is 6.35. The summed E-state index contributed by atoms with van der Waals surface area (Å²) in [5.41, 5.74) is 2.51. The molecule has 3 rings (SSSR count). The maximum atomic E-state index is 14.0. The number of benzene rings is 2. The molecule has 0 unspecified atom stereocenters. The Morgan fingerprint density at radius 3 is 2.47 bits per heavy atom. The number of sulfonamides is 1. The molecule has 5 nitrogen and oxygen atoms in total. The lowest BCUT2D eigenvalue weighted by Crippen LogP contribution is -2.30. The van der Waals surface area contributed by atoms with Crippen LogP contribution in [0.1, 0.15) is 48.0 Å². The predicted molar refractivity (Wildman–Crippen MR) is 117 cm³/mol. The summed E-state index contributed by atoms with van der Waals surface area (Å²) in [6, 6.07) is 12.4. The smallest absolute Gasteiger partial charge is 0.251 e. The minimum absolute atomic E-state index is 0.119. The Bertz CT molecular complexity index is 1020. The SMILES string of the molecule is CS(=O)(=O)N(Cc1ccccc1F)c1ccc(C(=O)NCCC2=CCCCC2)cc1. The van der Waals surface area contributed by atoms with E-state index in [-0.39, 0.29) is 18.0 Å². The minimum Gasteiger partial charge on any atom is -0.352 e. The zero-order valence-corrected chi connectivity index (χ0v) is 17.9. The number of hydrogen-bond acceptors (Lipinski definition) is 3. The van der Waals surface area contributed by atoms with Gasteiger partial charge in [-0.3, -0.25) is 9.10 Å². The molecule has 2 aromatic carbocycles. The normalized spacial score (nSPS) is 14.1. The molecule has 0 heterocycles. The zero-order chi connectivity index (χ0) is 21.6. The fourth-order valence-corrected chi connectivity index (χ4v) is 4.41. The van der Waals surface area contributed by atoms with Gasteiger partial charge in [-0.2, -0.15) is 0 Å². The highest BCUT2D eigenvalue weighted by Crippen LogP contribution is 2.23. The second kappa shape index (κ2) is 9.89. The van der Waals surface area contributed by atoms with Crippen molar-refractivity contribution in [1.29, 1.82) is 0 Å². The Kier molecular flexibility index (Phi) is 7.26. The average Bonchev–Trinajstić information content (AvgIpc) is 2.73. The van der Waals surface area contributed by atoms with Gasteiger partial charge in [-0.25, -0.2) is 12.8 Å². The van der Waals surface area contributed by atoms with Crippen molar-refractivity contribution in [3.05, 3.63) is 77.1 Å². The standard InChI is InChI=1S/C23H27FN2O3S/c1-30(28,29)26(17-20-9-5-6-10-22(20)24)21-13-11-19(12-14-21)23(27)25-16-15-18-7-3-2-4-8-18/h5-7,9-14H,2-4,8,15-17H2,1H3,(H,25,27). The first-order chi connectivity index (χ1) is 14.3. The van der Waals surface area contributed by atoms with E-state index in [1.54, 1.807) is 42.5 Å². The molecular formula is C23H27FN2O3S. The van der Waals surface area contributed by atoms with Crippen LogP contribution in [0.2, 0.25) is 0 Å². The summed E-state index contributed by atoms with van der Waals surface area (Å²) in [6.45, 7) is 0.460. The lowest BCUT2D eigenvalue weighted by atomic mass is 9.97. The number of nitrogens with one attached hydrogen (secondary N) is 1. The molecule has 30 heavy (non-hydrogen) atoms. The van der Waals surface area contributed by atoms with E-state index in [2.05, 4.69) is 11.4 Å². The first-order valence-corrected chi connectivity index (χ1v) is 12.0. The van der Waals surface area contributed by atoms with Crippen molar-refractivity contribution in [2.45, 2.75) is 38.6 Å². The maximum absolute atomic E-state index is 14.0. The van der Waals surface area contributed by atoms with Gasteiger partial charge in [0, 0.05) is 17.7 Å². The molecule has 1 aliphatic carbocycles. The maximum Gasteiger partial charge on any atom is 0.251 e. The van der Waals surface area contributed by atoms with Gasteiger partial charge in [0.05, 0.1) is 18.5 Å². The van der Waals surface area contributed by atoms with E-state index < -0.39 is 15.8 Å². The van der Waals surface area contributed by atoms with Crippen LogP contribution in [-0.4, -0.2) is 27.1 Å². The number of carbonyl (C=O) groups excluding carboxylic acids is 1. The van der Waals surface area contributed by atoms with Crippen molar-refractivity contribution in [3.63, 3.8) is 0 Å². The number of amides is 1. The second-order valence-corrected chi connectivity index (χ2v) is 9.43. The summed E-state index contributed by atoms with van der Waals surface area (Å²) >= 11 is 0. The molecule has 160 valence electrons. The lowest BCUT2D eigenvalue weighted by Gasteiger charge is -2.23. The van der Waals surface area contributed by atoms with Gasteiger partial charge in [-0.15, -0.1) is 0 Å². The molecule has 0 saturated carbocycles. The number of carbonyl (C=O) groups is 1. The van der Waals surface area contributed by atoms with Gasteiger partial charge in [0.1, 0.15) is 5.82 Å². The summed E-state index contributed by atoms with van der Waals surface area (Å²) in [5, 5.41) is 2.91. The number of nitrogens with zero attached hydrogens (tertiary/aromatic N) is 1. The summed E-state index contributed by atoms with van der Waals surface area (Å²) in [7, 11) is -3.63. The minimum atomic E-state index is -3.63. The van der Waals surface area contributed by atoms with Crippen molar-refractivity contribution < 1.29 is 17.6 Å². The van der Waals surface area contributed by atoms with Crippen LogP contribution < -0.4 is 9.62 Å². The van der Waals surface area contributed by atoms with E-state index in [0.29, 0.717) is 17.8 Å². The molecule has 0 aromatic heterocycles. The molecule has 1 amide bonds. The van der Waals surface area contributed by atoms with Crippen LogP contribution in [0.4, 0.5) is 10.1 Å². The Labute approximate surface area is 177 Å². The van der Waals surface area contributed by atoms with E-state index >= 15 is 0 Å². The largest absolute Gasteiger partial charge is 0.352 e. The lowest BCUT2D eigenvalue weighted by molar-refractivity contribution is 0.0954.